The second-order valence-electron chi connectivity index (χ2n) is 17.6. The predicted octanol–water partition coefficient (Wildman–Crippen LogP) is 9.09. The molecule has 1 aliphatic heterocycles. The van der Waals surface area contributed by atoms with Crippen LogP contribution >= 0.6 is 0 Å². The minimum Gasteiger partial charge on any atom is -0.356 e. The first-order valence-corrected chi connectivity index (χ1v) is 25.4. The third-order valence-corrected chi connectivity index (χ3v) is 11.8. The summed E-state index contributed by atoms with van der Waals surface area (Å²) in [5.74, 6) is -0.326. The van der Waals surface area contributed by atoms with Crippen LogP contribution in [0, 0.1) is 0 Å². The van der Waals surface area contributed by atoms with Crippen molar-refractivity contribution >= 4 is 23.6 Å². The fourth-order valence-electron chi connectivity index (χ4n) is 7.87. The van der Waals surface area contributed by atoms with Gasteiger partial charge in [-0.05, 0) is 90.9 Å². The van der Waals surface area contributed by atoms with Gasteiger partial charge in [0.2, 0.25) is 11.8 Å². The van der Waals surface area contributed by atoms with Crippen LogP contribution < -0.4 is 32.3 Å². The number of nitrogens with one attached hydrogen (secondary N) is 5. The Hall–Kier alpha value is -2.34. The summed E-state index contributed by atoms with van der Waals surface area (Å²) in [7, 11) is 0. The average molecular weight is 846 g/mol. The molecule has 1 unspecified atom stereocenters. The molecular weight excluding hydrogens is 751 g/mol. The maximum Gasteiger partial charge on any atom is 0.253 e. The zero-order valence-electron chi connectivity index (χ0n) is 38.9. The maximum absolute atomic E-state index is 12.2. The Morgan fingerprint density at radius 2 is 0.850 bits per heavy atom. The molecule has 0 aromatic heterocycles. The largest absolute Gasteiger partial charge is 0.356 e. The Morgan fingerprint density at radius 3 is 1.32 bits per heavy atom. The first kappa shape index (κ1) is 55.7. The van der Waals surface area contributed by atoms with Crippen LogP contribution in [0.4, 0.5) is 0 Å². The van der Waals surface area contributed by atoms with E-state index in [0.717, 1.165) is 77.9 Å². The van der Waals surface area contributed by atoms with Gasteiger partial charge >= 0.3 is 0 Å². The van der Waals surface area contributed by atoms with Crippen molar-refractivity contribution in [3.63, 3.8) is 0 Å². The van der Waals surface area contributed by atoms with Crippen molar-refractivity contribution in [1.82, 2.24) is 31.5 Å². The molecule has 0 spiro atoms. The first-order valence-electron chi connectivity index (χ1n) is 25.4. The van der Waals surface area contributed by atoms with E-state index in [1.807, 2.05) is 0 Å². The van der Waals surface area contributed by atoms with E-state index in [-0.39, 0.29) is 23.6 Å². The van der Waals surface area contributed by atoms with Gasteiger partial charge < -0.3 is 32.3 Å². The molecule has 0 bridgehead atoms. The fourth-order valence-corrected chi connectivity index (χ4v) is 7.87. The zero-order chi connectivity index (χ0) is 43.4. The number of carbonyl (C=O) groups is 4. The van der Waals surface area contributed by atoms with Crippen LogP contribution in [0.3, 0.4) is 0 Å². The lowest BCUT2D eigenvalue weighted by molar-refractivity contribution is -0.137. The molecule has 1 rings (SSSR count). The number of amides is 4. The van der Waals surface area contributed by atoms with Crippen LogP contribution in [0.5, 0.6) is 0 Å². The molecule has 1 atom stereocenters. The van der Waals surface area contributed by atoms with Gasteiger partial charge in [0, 0.05) is 57.3 Å². The molecule has 0 saturated heterocycles. The lowest BCUT2D eigenvalue weighted by Crippen LogP contribution is -2.32. The SMILES string of the molecule is CC(CCCCCCNC(=O)CCCCCCCCCCCCCCCCCCCCCCCNC(=O)CCCN1C(=O)C=CC1=O)NCCCCNCNCCCCN. The highest BCUT2D eigenvalue weighted by molar-refractivity contribution is 6.12. The molecule has 0 aliphatic carbocycles. The van der Waals surface area contributed by atoms with Gasteiger partial charge in [-0.25, -0.2) is 0 Å². The van der Waals surface area contributed by atoms with Gasteiger partial charge in [0.15, 0.2) is 0 Å². The van der Waals surface area contributed by atoms with Gasteiger partial charge in [0.1, 0.15) is 0 Å². The molecule has 0 radical (unpaired) electrons. The molecule has 7 N–H and O–H groups in total. The average Bonchev–Trinajstić information content (AvgIpc) is 3.56. The minimum absolute atomic E-state index is 0.00109. The molecular formula is C49H95N7O4. The van der Waals surface area contributed by atoms with Crippen LogP contribution in [-0.2, 0) is 19.2 Å². The molecule has 11 nitrogen and oxygen atoms in total. The predicted molar refractivity (Wildman–Crippen MR) is 252 cm³/mol. The van der Waals surface area contributed by atoms with Crippen LogP contribution in [0.15, 0.2) is 12.2 Å². The smallest absolute Gasteiger partial charge is 0.253 e. The second kappa shape index (κ2) is 43.3. The molecule has 350 valence electrons. The maximum atomic E-state index is 12.2. The monoisotopic (exact) mass is 846 g/mol. The van der Waals surface area contributed by atoms with Crippen LogP contribution in [0.25, 0.3) is 0 Å². The number of hydrogen-bond acceptors (Lipinski definition) is 8. The summed E-state index contributed by atoms with van der Waals surface area (Å²) < 4.78 is 0. The summed E-state index contributed by atoms with van der Waals surface area (Å²) >= 11 is 0. The van der Waals surface area contributed by atoms with E-state index in [0.29, 0.717) is 38.4 Å². The van der Waals surface area contributed by atoms with Crippen molar-refractivity contribution in [3.05, 3.63) is 12.2 Å². The fraction of sp³-hybridized carbons (Fsp3) is 0.878. The number of nitrogens with two attached hydrogens (primary N) is 1. The summed E-state index contributed by atoms with van der Waals surface area (Å²) in [6.45, 7) is 9.04. The summed E-state index contributed by atoms with van der Waals surface area (Å²) in [6.07, 6.45) is 42.2. The Morgan fingerprint density at radius 1 is 0.483 bits per heavy atom. The lowest BCUT2D eigenvalue weighted by atomic mass is 10.0. The van der Waals surface area contributed by atoms with Gasteiger partial charge in [0.25, 0.3) is 11.8 Å². The molecule has 0 fully saturated rings. The van der Waals surface area contributed by atoms with Crippen LogP contribution in [0.1, 0.15) is 219 Å². The Bertz CT molecular complexity index is 1040. The number of nitrogens with zero attached hydrogens (tertiary/aromatic N) is 1. The highest BCUT2D eigenvalue weighted by Crippen LogP contribution is 2.16. The second-order valence-corrected chi connectivity index (χ2v) is 17.6. The molecule has 60 heavy (non-hydrogen) atoms. The van der Waals surface area contributed by atoms with Gasteiger partial charge in [0.05, 0.1) is 0 Å². The van der Waals surface area contributed by atoms with Gasteiger partial charge in [-0.1, -0.05) is 141 Å². The third-order valence-electron chi connectivity index (χ3n) is 11.8. The quantitative estimate of drug-likeness (QED) is 0.0201. The third kappa shape index (κ3) is 37.4. The van der Waals surface area contributed by atoms with E-state index in [9.17, 15) is 19.2 Å². The topological polar surface area (TPSA) is 158 Å². The highest BCUT2D eigenvalue weighted by Gasteiger charge is 2.22. The Labute approximate surface area is 368 Å². The van der Waals surface area contributed by atoms with Gasteiger partial charge in [-0.3, -0.25) is 24.1 Å². The number of hydrogen-bond donors (Lipinski definition) is 6. The van der Waals surface area contributed by atoms with E-state index in [1.165, 1.54) is 171 Å². The van der Waals surface area contributed by atoms with E-state index < -0.39 is 0 Å². The number of imide groups is 1. The van der Waals surface area contributed by atoms with E-state index in [4.69, 9.17) is 5.73 Å². The number of rotatable bonds is 47. The van der Waals surface area contributed by atoms with Crippen LogP contribution in [-0.4, -0.2) is 87.1 Å². The number of unbranched alkanes of at least 4 members (excludes halogenated alkanes) is 25. The standard InChI is InChI=1S/C49H95N7O4/c1-45(53-40-30-29-39-52-44-51-38-28-25-37-50)32-23-20-22-27-42-54-46(57)33-24-19-17-15-13-11-9-7-5-3-2-4-6-8-10-12-14-16-18-21-26-41-55-47(58)34-31-43-56-48(59)35-36-49(56)60/h35-36,45,51-53H,2-34,37-44,50H2,1H3,(H,54,57)(H,55,58). The van der Waals surface area contributed by atoms with Crippen LogP contribution in [0.2, 0.25) is 0 Å². The normalized spacial score (nSPS) is 13.1. The van der Waals surface area contributed by atoms with E-state index in [1.54, 1.807) is 0 Å². The molecule has 0 saturated carbocycles. The van der Waals surface area contributed by atoms with E-state index in [2.05, 4.69) is 33.5 Å². The highest BCUT2D eigenvalue weighted by atomic mass is 16.2. The molecule has 11 heteroatoms. The summed E-state index contributed by atoms with van der Waals surface area (Å²) in [4.78, 5) is 48.4. The first-order chi connectivity index (χ1) is 29.4. The molecule has 0 aromatic rings. The molecule has 4 amide bonds. The molecule has 1 aliphatic rings. The van der Waals surface area contributed by atoms with Crippen molar-refractivity contribution in [2.75, 3.05) is 52.5 Å². The van der Waals surface area contributed by atoms with Crippen molar-refractivity contribution in [2.45, 2.75) is 225 Å². The van der Waals surface area contributed by atoms with Gasteiger partial charge in [-0.15, -0.1) is 0 Å². The van der Waals surface area contributed by atoms with Crippen molar-refractivity contribution in [3.8, 4) is 0 Å². The van der Waals surface area contributed by atoms with Crippen molar-refractivity contribution < 1.29 is 19.2 Å². The lowest BCUT2D eigenvalue weighted by Gasteiger charge is -2.14. The molecule has 0 aromatic carbocycles. The summed E-state index contributed by atoms with van der Waals surface area (Å²) in [5.41, 5.74) is 5.51. The minimum atomic E-state index is -0.284. The number of carbonyl (C=O) groups excluding carboxylic acids is 4. The van der Waals surface area contributed by atoms with Crippen molar-refractivity contribution in [2.24, 2.45) is 5.73 Å². The Kier molecular flexibility index (Phi) is 40.2. The Balaban J connectivity index is 1.69. The molecule has 1 heterocycles. The summed E-state index contributed by atoms with van der Waals surface area (Å²) in [6, 6.07) is 0.583. The zero-order valence-corrected chi connectivity index (χ0v) is 38.9. The summed E-state index contributed by atoms with van der Waals surface area (Å²) in [5, 5.41) is 16.6. The van der Waals surface area contributed by atoms with Crippen molar-refractivity contribution in [1.29, 1.82) is 0 Å². The van der Waals surface area contributed by atoms with Gasteiger partial charge in [-0.2, -0.15) is 0 Å². The van der Waals surface area contributed by atoms with E-state index >= 15 is 0 Å².